The Balaban J connectivity index is 1.28. The second kappa shape index (κ2) is 15.6. The zero-order chi connectivity index (χ0) is 37.1. The van der Waals surface area contributed by atoms with E-state index < -0.39 is 81.8 Å². The van der Waals surface area contributed by atoms with Gasteiger partial charge in [-0.05, 0) is 62.6 Å². The Hall–Kier alpha value is -4.16. The summed E-state index contributed by atoms with van der Waals surface area (Å²) >= 11 is 13.2. The molecule has 14 heteroatoms. The van der Waals surface area contributed by atoms with Gasteiger partial charge in [0.05, 0.1) is 12.6 Å². The third-order valence-corrected chi connectivity index (χ3v) is 10.7. The first-order chi connectivity index (χ1) is 24.1. The van der Waals surface area contributed by atoms with Gasteiger partial charge in [-0.3, -0.25) is 24.0 Å². The zero-order valence-electron chi connectivity index (χ0n) is 29.3. The number of halogens is 2. The van der Waals surface area contributed by atoms with Crippen molar-refractivity contribution in [3.05, 3.63) is 71.3 Å². The summed E-state index contributed by atoms with van der Waals surface area (Å²) in [5, 5.41) is 13.5. The third-order valence-electron chi connectivity index (χ3n) is 9.66. The number of nitrogens with one attached hydrogen (secondary N) is 5. The molecule has 5 rings (SSSR count). The van der Waals surface area contributed by atoms with Gasteiger partial charge in [-0.1, -0.05) is 67.9 Å². The first kappa shape index (κ1) is 38.1. The molecule has 2 fully saturated rings. The first-order valence-electron chi connectivity index (χ1n) is 17.4. The van der Waals surface area contributed by atoms with Crippen LogP contribution in [0.2, 0.25) is 0 Å². The van der Waals surface area contributed by atoms with Crippen molar-refractivity contribution in [3.8, 4) is 0 Å². The van der Waals surface area contributed by atoms with Gasteiger partial charge in [-0.25, -0.2) is 4.79 Å². The summed E-state index contributed by atoms with van der Waals surface area (Å²) in [4.78, 5) is 81.6. The minimum Gasteiger partial charge on any atom is -0.350 e. The molecular formula is C37H46Cl2N6O6. The van der Waals surface area contributed by atoms with E-state index in [0.29, 0.717) is 19.3 Å². The highest BCUT2D eigenvalue weighted by Gasteiger charge is 2.74. The van der Waals surface area contributed by atoms with Crippen LogP contribution in [-0.4, -0.2) is 81.4 Å². The summed E-state index contributed by atoms with van der Waals surface area (Å²) in [6.07, 6.45) is 1.70. The molecule has 2 aromatic rings. The highest BCUT2D eigenvalue weighted by atomic mass is 35.5. The maximum absolute atomic E-state index is 14.5. The summed E-state index contributed by atoms with van der Waals surface area (Å²) in [5.74, 6) is -4.85. The molecule has 4 unspecified atom stereocenters. The molecule has 5 N–H and O–H groups in total. The summed E-state index contributed by atoms with van der Waals surface area (Å²) < 4.78 is -1.26. The second-order valence-corrected chi connectivity index (χ2v) is 16.1. The number of amides is 6. The third kappa shape index (κ3) is 9.02. The molecule has 1 saturated carbocycles. The van der Waals surface area contributed by atoms with E-state index in [1.54, 1.807) is 6.92 Å². The molecule has 0 radical (unpaired) electrons. The van der Waals surface area contributed by atoms with Crippen LogP contribution in [0.25, 0.3) is 0 Å². The standard InChI is InChI=1S/C37H46Cl2N6O6/c1-5-11-26(31(47)33(49)41-19-27(46)40-18-21-12-7-6-8-13-21)42-32(48)30-28-25(37(28,38)39)20-45(30)34(50)29(43-35(51)44-36(2,3)4)24-16-22-14-9-10-15-23(22)17-24/h6-10,12-15,24-26,28-30H,5,11,16-20H2,1-4H3,(H,40,46)(H,41,49)(H,42,48)(H2,43,44,51)/t25?,26?,28?,29-,30?/m0/s1. The van der Waals surface area contributed by atoms with Crippen LogP contribution in [0.1, 0.15) is 57.2 Å². The van der Waals surface area contributed by atoms with Crippen molar-refractivity contribution in [1.29, 1.82) is 0 Å². The van der Waals surface area contributed by atoms with Crippen molar-refractivity contribution in [1.82, 2.24) is 31.5 Å². The molecular weight excluding hydrogens is 695 g/mol. The number of hydrogen-bond acceptors (Lipinski definition) is 6. The first-order valence-corrected chi connectivity index (χ1v) is 18.1. The molecule has 2 aromatic carbocycles. The maximum atomic E-state index is 14.5. The molecule has 1 aliphatic heterocycles. The lowest BCUT2D eigenvalue weighted by Crippen LogP contribution is -2.61. The van der Waals surface area contributed by atoms with Gasteiger partial charge in [0.1, 0.15) is 16.4 Å². The Labute approximate surface area is 308 Å². The molecule has 3 aliphatic rings. The smallest absolute Gasteiger partial charge is 0.315 e. The second-order valence-electron chi connectivity index (χ2n) is 14.7. The summed E-state index contributed by atoms with van der Waals surface area (Å²) in [7, 11) is 0. The van der Waals surface area contributed by atoms with Gasteiger partial charge in [0.2, 0.25) is 23.5 Å². The van der Waals surface area contributed by atoms with Crippen molar-refractivity contribution in [3.63, 3.8) is 0 Å². The van der Waals surface area contributed by atoms with Crippen molar-refractivity contribution in [2.24, 2.45) is 17.8 Å². The number of carbonyl (C=O) groups is 6. The van der Waals surface area contributed by atoms with E-state index in [-0.39, 0.29) is 25.4 Å². The molecule has 12 nitrogen and oxygen atoms in total. The van der Waals surface area contributed by atoms with E-state index in [9.17, 15) is 28.8 Å². The summed E-state index contributed by atoms with van der Waals surface area (Å²) in [5.41, 5.74) is 2.48. The van der Waals surface area contributed by atoms with Gasteiger partial charge < -0.3 is 31.5 Å². The highest BCUT2D eigenvalue weighted by molar-refractivity contribution is 6.51. The fourth-order valence-corrected chi connectivity index (χ4v) is 7.95. The maximum Gasteiger partial charge on any atom is 0.315 e. The topological polar surface area (TPSA) is 166 Å². The molecule has 274 valence electrons. The number of piperidine rings is 1. The van der Waals surface area contributed by atoms with E-state index in [1.807, 2.05) is 75.4 Å². The van der Waals surface area contributed by atoms with Crippen LogP contribution in [0.15, 0.2) is 54.6 Å². The molecule has 6 amide bonds. The monoisotopic (exact) mass is 740 g/mol. The number of fused-ring (bicyclic) bond motifs is 2. The van der Waals surface area contributed by atoms with Crippen molar-refractivity contribution in [2.75, 3.05) is 13.1 Å². The lowest BCUT2D eigenvalue weighted by atomic mass is 9.94. The largest absolute Gasteiger partial charge is 0.350 e. The van der Waals surface area contributed by atoms with Gasteiger partial charge in [-0.15, -0.1) is 23.2 Å². The Morgan fingerprint density at radius 3 is 2.14 bits per heavy atom. The van der Waals surface area contributed by atoms with E-state index in [1.165, 1.54) is 4.90 Å². The molecule has 2 aliphatic carbocycles. The number of nitrogens with zero attached hydrogens (tertiary/aromatic N) is 1. The fraction of sp³-hybridized carbons (Fsp3) is 0.514. The number of urea groups is 1. The number of benzene rings is 2. The van der Waals surface area contributed by atoms with Crippen molar-refractivity contribution < 1.29 is 28.8 Å². The Kier molecular flexibility index (Phi) is 11.7. The minimum absolute atomic E-state index is 0.0816. The van der Waals surface area contributed by atoms with Crippen LogP contribution in [-0.2, 0) is 43.4 Å². The predicted octanol–water partition coefficient (Wildman–Crippen LogP) is 2.79. The molecule has 0 bridgehead atoms. The van der Waals surface area contributed by atoms with E-state index >= 15 is 0 Å². The number of Topliss-reactive ketones (excluding diaryl/α,β-unsaturated/α-hetero) is 1. The number of hydrogen-bond donors (Lipinski definition) is 5. The van der Waals surface area contributed by atoms with Crippen LogP contribution < -0.4 is 26.6 Å². The number of rotatable bonds is 13. The van der Waals surface area contributed by atoms with Crippen LogP contribution in [0.3, 0.4) is 0 Å². The van der Waals surface area contributed by atoms with E-state index in [2.05, 4.69) is 26.6 Å². The van der Waals surface area contributed by atoms with Crippen molar-refractivity contribution >= 4 is 58.6 Å². The summed E-state index contributed by atoms with van der Waals surface area (Å²) in [6.45, 7) is 7.20. The SMILES string of the molecule is CCCC(NC(=O)C1C2C(CN1C(=O)[C@@H](NC(=O)NC(C)(C)C)C1Cc3ccccc3C1)C2(Cl)Cl)C(=O)C(=O)NCC(=O)NCc1ccccc1. The Morgan fingerprint density at radius 1 is 0.902 bits per heavy atom. The van der Waals surface area contributed by atoms with E-state index in [4.69, 9.17) is 23.2 Å². The molecule has 0 spiro atoms. The number of ketones is 1. The normalized spacial score (nSPS) is 21.4. The fourth-order valence-electron chi connectivity index (χ4n) is 7.12. The van der Waals surface area contributed by atoms with E-state index in [0.717, 1.165) is 16.7 Å². The lowest BCUT2D eigenvalue weighted by molar-refractivity contribution is -0.144. The van der Waals surface area contributed by atoms with Gasteiger partial charge in [0.25, 0.3) is 5.91 Å². The number of likely N-dealkylation sites (tertiary alicyclic amines) is 1. The average Bonchev–Trinajstić information content (AvgIpc) is 3.43. The van der Waals surface area contributed by atoms with Crippen LogP contribution in [0, 0.1) is 17.8 Å². The molecule has 5 atom stereocenters. The quantitative estimate of drug-likeness (QED) is 0.157. The summed E-state index contributed by atoms with van der Waals surface area (Å²) in [6, 6.07) is 13.2. The van der Waals surface area contributed by atoms with Crippen LogP contribution in [0.4, 0.5) is 4.79 Å². The molecule has 1 heterocycles. The number of alkyl halides is 2. The molecule has 1 saturated heterocycles. The minimum atomic E-state index is -1.26. The predicted molar refractivity (Wildman–Crippen MR) is 193 cm³/mol. The zero-order valence-corrected chi connectivity index (χ0v) is 30.8. The molecule has 0 aromatic heterocycles. The van der Waals surface area contributed by atoms with Gasteiger partial charge in [0.15, 0.2) is 0 Å². The van der Waals surface area contributed by atoms with Gasteiger partial charge in [0, 0.05) is 30.5 Å². The Morgan fingerprint density at radius 2 is 1.53 bits per heavy atom. The highest BCUT2D eigenvalue weighted by Crippen LogP contribution is 2.65. The average molecular weight is 742 g/mol. The Bertz CT molecular complexity index is 1640. The lowest BCUT2D eigenvalue weighted by Gasteiger charge is -2.35. The van der Waals surface area contributed by atoms with Gasteiger partial charge >= 0.3 is 6.03 Å². The molecule has 51 heavy (non-hydrogen) atoms. The van der Waals surface area contributed by atoms with Crippen LogP contribution in [0.5, 0.6) is 0 Å². The van der Waals surface area contributed by atoms with Gasteiger partial charge in [-0.2, -0.15) is 0 Å². The van der Waals surface area contributed by atoms with Crippen molar-refractivity contribution in [2.45, 2.75) is 87.9 Å². The van der Waals surface area contributed by atoms with Crippen LogP contribution >= 0.6 is 23.2 Å². The number of carbonyl (C=O) groups excluding carboxylic acids is 6.